The summed E-state index contributed by atoms with van der Waals surface area (Å²) in [6.07, 6.45) is -0.268. The summed E-state index contributed by atoms with van der Waals surface area (Å²) < 4.78 is 30.5. The van der Waals surface area contributed by atoms with Gasteiger partial charge in [0.1, 0.15) is 5.72 Å². The van der Waals surface area contributed by atoms with Gasteiger partial charge in [-0.15, -0.1) is 0 Å². The van der Waals surface area contributed by atoms with Gasteiger partial charge in [-0.05, 0) is 12.5 Å². The third kappa shape index (κ3) is 3.28. The van der Waals surface area contributed by atoms with Gasteiger partial charge in [0, 0.05) is 6.42 Å². The van der Waals surface area contributed by atoms with Gasteiger partial charge in [0.2, 0.25) is 0 Å². The van der Waals surface area contributed by atoms with E-state index in [0.717, 1.165) is 0 Å². The SMILES string of the molecule is CC(CC(N)(O)c1ccccc1)S(=O)(=O)O. The Labute approximate surface area is 94.7 Å². The molecule has 0 spiro atoms. The Morgan fingerprint density at radius 2 is 1.88 bits per heavy atom. The summed E-state index contributed by atoms with van der Waals surface area (Å²) in [5, 5.41) is 8.80. The monoisotopic (exact) mass is 245 g/mol. The van der Waals surface area contributed by atoms with E-state index in [-0.39, 0.29) is 6.42 Å². The molecular weight excluding hydrogens is 230 g/mol. The van der Waals surface area contributed by atoms with Crippen molar-refractivity contribution < 1.29 is 18.1 Å². The summed E-state index contributed by atoms with van der Waals surface area (Å²) in [7, 11) is -4.18. The van der Waals surface area contributed by atoms with Crippen molar-refractivity contribution in [2.45, 2.75) is 24.3 Å². The highest BCUT2D eigenvalue weighted by molar-refractivity contribution is 7.86. The largest absolute Gasteiger partial charge is 0.372 e. The average molecular weight is 245 g/mol. The molecule has 90 valence electrons. The van der Waals surface area contributed by atoms with Crippen LogP contribution in [0.2, 0.25) is 0 Å². The molecule has 0 bridgehead atoms. The van der Waals surface area contributed by atoms with Crippen molar-refractivity contribution in [3.8, 4) is 0 Å². The van der Waals surface area contributed by atoms with Crippen molar-refractivity contribution in [1.82, 2.24) is 0 Å². The summed E-state index contributed by atoms with van der Waals surface area (Å²) in [6.45, 7) is 1.29. The molecule has 0 radical (unpaired) electrons. The van der Waals surface area contributed by atoms with Crippen molar-refractivity contribution in [2.24, 2.45) is 5.73 Å². The highest BCUT2D eigenvalue weighted by Gasteiger charge is 2.31. The molecule has 6 heteroatoms. The third-order valence-corrected chi connectivity index (χ3v) is 3.56. The lowest BCUT2D eigenvalue weighted by molar-refractivity contribution is 0.0337. The first-order valence-electron chi connectivity index (χ1n) is 4.76. The second-order valence-corrected chi connectivity index (χ2v) is 5.65. The minimum Gasteiger partial charge on any atom is -0.372 e. The van der Waals surface area contributed by atoms with E-state index in [4.69, 9.17) is 10.3 Å². The smallest absolute Gasteiger partial charge is 0.267 e. The Morgan fingerprint density at radius 1 is 1.38 bits per heavy atom. The van der Waals surface area contributed by atoms with Crippen LogP contribution in [0.1, 0.15) is 18.9 Å². The molecule has 16 heavy (non-hydrogen) atoms. The van der Waals surface area contributed by atoms with Crippen LogP contribution in [0.25, 0.3) is 0 Å². The number of nitrogens with two attached hydrogens (primary N) is 1. The molecule has 0 aromatic heterocycles. The fraction of sp³-hybridized carbons (Fsp3) is 0.400. The van der Waals surface area contributed by atoms with Crippen LogP contribution < -0.4 is 5.73 Å². The minimum absolute atomic E-state index is 0.268. The van der Waals surface area contributed by atoms with E-state index in [0.29, 0.717) is 5.56 Å². The van der Waals surface area contributed by atoms with Crippen LogP contribution in [0.5, 0.6) is 0 Å². The van der Waals surface area contributed by atoms with Gasteiger partial charge in [-0.25, -0.2) is 0 Å². The fourth-order valence-electron chi connectivity index (χ4n) is 1.39. The topological polar surface area (TPSA) is 101 Å². The Balaban J connectivity index is 2.89. The zero-order chi connectivity index (χ0) is 12.4. The Kier molecular flexibility index (Phi) is 3.69. The first-order chi connectivity index (χ1) is 7.23. The standard InChI is InChI=1S/C10H15NO4S/c1-8(16(13,14)15)7-10(11,12)9-5-3-2-4-6-9/h2-6,8,12H,7,11H2,1H3,(H,13,14,15). The zero-order valence-corrected chi connectivity index (χ0v) is 9.68. The van der Waals surface area contributed by atoms with Crippen LogP contribution in [0.15, 0.2) is 30.3 Å². The molecule has 0 amide bonds. The normalized spacial score (nSPS) is 17.8. The number of hydrogen-bond donors (Lipinski definition) is 3. The van der Waals surface area contributed by atoms with E-state index in [2.05, 4.69) is 0 Å². The van der Waals surface area contributed by atoms with Gasteiger partial charge in [0.05, 0.1) is 5.25 Å². The van der Waals surface area contributed by atoms with Gasteiger partial charge in [-0.1, -0.05) is 30.3 Å². The summed E-state index contributed by atoms with van der Waals surface area (Å²) in [4.78, 5) is 0. The van der Waals surface area contributed by atoms with Gasteiger partial charge in [0.15, 0.2) is 0 Å². The molecule has 1 aromatic rings. The highest BCUT2D eigenvalue weighted by Crippen LogP contribution is 2.22. The summed E-state index contributed by atoms with van der Waals surface area (Å²) in [5.74, 6) is 0. The maximum absolute atomic E-state index is 10.8. The van der Waals surface area contributed by atoms with E-state index >= 15 is 0 Å². The summed E-state index contributed by atoms with van der Waals surface area (Å²) in [6, 6.07) is 8.32. The second kappa shape index (κ2) is 4.50. The molecule has 2 atom stereocenters. The van der Waals surface area contributed by atoms with Crippen molar-refractivity contribution in [3.63, 3.8) is 0 Å². The van der Waals surface area contributed by atoms with Crippen LogP contribution >= 0.6 is 0 Å². The van der Waals surface area contributed by atoms with Crippen LogP contribution in [0, 0.1) is 0 Å². The molecule has 0 heterocycles. The fourth-order valence-corrected chi connectivity index (χ4v) is 1.85. The predicted octanol–water partition coefficient (Wildman–Crippen LogP) is 0.457. The van der Waals surface area contributed by atoms with Gasteiger partial charge < -0.3 is 5.11 Å². The van der Waals surface area contributed by atoms with Crippen LogP contribution in [-0.2, 0) is 15.8 Å². The van der Waals surface area contributed by atoms with Crippen molar-refractivity contribution >= 4 is 10.1 Å². The summed E-state index contributed by atoms with van der Waals surface area (Å²) in [5.41, 5.74) is 4.26. The van der Waals surface area contributed by atoms with Crippen LogP contribution in [0.4, 0.5) is 0 Å². The van der Waals surface area contributed by atoms with Crippen LogP contribution in [-0.4, -0.2) is 23.3 Å². The first-order valence-corrected chi connectivity index (χ1v) is 6.27. The molecule has 0 saturated heterocycles. The molecule has 0 aliphatic rings. The van der Waals surface area contributed by atoms with E-state index in [1.54, 1.807) is 30.3 Å². The molecule has 2 unspecified atom stereocenters. The molecule has 0 aliphatic carbocycles. The van der Waals surface area contributed by atoms with E-state index < -0.39 is 21.1 Å². The molecule has 1 aromatic carbocycles. The predicted molar refractivity (Wildman–Crippen MR) is 60.2 cm³/mol. The maximum Gasteiger partial charge on any atom is 0.267 e. The number of rotatable bonds is 4. The van der Waals surface area contributed by atoms with Crippen molar-refractivity contribution in [1.29, 1.82) is 0 Å². The van der Waals surface area contributed by atoms with Crippen LogP contribution in [0.3, 0.4) is 0 Å². The molecule has 0 fully saturated rings. The first kappa shape index (κ1) is 13.1. The van der Waals surface area contributed by atoms with E-state index in [9.17, 15) is 13.5 Å². The molecule has 5 nitrogen and oxygen atoms in total. The minimum atomic E-state index is -4.18. The highest BCUT2D eigenvalue weighted by atomic mass is 32.2. The molecule has 4 N–H and O–H groups in total. The van der Waals surface area contributed by atoms with Gasteiger partial charge in [-0.2, -0.15) is 8.42 Å². The average Bonchev–Trinajstić information content (AvgIpc) is 2.17. The Bertz CT molecular complexity index is 441. The van der Waals surface area contributed by atoms with Gasteiger partial charge >= 0.3 is 0 Å². The van der Waals surface area contributed by atoms with E-state index in [1.165, 1.54) is 6.92 Å². The second-order valence-electron chi connectivity index (χ2n) is 3.82. The third-order valence-electron chi connectivity index (χ3n) is 2.38. The lowest BCUT2D eigenvalue weighted by atomic mass is 9.99. The maximum atomic E-state index is 10.8. The summed E-state index contributed by atoms with van der Waals surface area (Å²) >= 11 is 0. The number of aliphatic hydroxyl groups is 1. The van der Waals surface area contributed by atoms with Gasteiger partial charge in [0.25, 0.3) is 10.1 Å². The molecule has 0 saturated carbocycles. The van der Waals surface area contributed by atoms with Gasteiger partial charge in [-0.3, -0.25) is 10.3 Å². The molecule has 1 rings (SSSR count). The number of hydrogen-bond acceptors (Lipinski definition) is 4. The molecule has 0 aliphatic heterocycles. The lowest BCUT2D eigenvalue weighted by Crippen LogP contribution is -2.41. The Hall–Kier alpha value is -0.950. The number of benzene rings is 1. The Morgan fingerprint density at radius 3 is 2.31 bits per heavy atom. The van der Waals surface area contributed by atoms with E-state index in [1.807, 2.05) is 0 Å². The molecular formula is C10H15NO4S. The lowest BCUT2D eigenvalue weighted by Gasteiger charge is -2.25. The van der Waals surface area contributed by atoms with Crippen molar-refractivity contribution in [2.75, 3.05) is 0 Å². The van der Waals surface area contributed by atoms with Crippen molar-refractivity contribution in [3.05, 3.63) is 35.9 Å². The quantitative estimate of drug-likeness (QED) is 0.528. The zero-order valence-electron chi connectivity index (χ0n) is 8.87.